The third kappa shape index (κ3) is 1.81. The minimum Gasteiger partial charge on any atom is -0.467 e. The Labute approximate surface area is 103 Å². The third-order valence-corrected chi connectivity index (χ3v) is 2.84. The van der Waals surface area contributed by atoms with Crippen molar-refractivity contribution in [2.45, 2.75) is 13.0 Å². The van der Waals surface area contributed by atoms with Gasteiger partial charge in [-0.15, -0.1) is 0 Å². The van der Waals surface area contributed by atoms with Gasteiger partial charge >= 0.3 is 0 Å². The molecular formula is C12H11N3O3. The smallest absolute Gasteiger partial charge is 0.236 e. The molecule has 2 aromatic heterocycles. The monoisotopic (exact) mass is 245 g/mol. The van der Waals surface area contributed by atoms with E-state index in [4.69, 9.17) is 4.42 Å². The molecule has 0 spiro atoms. The minimum absolute atomic E-state index is 0.0219. The van der Waals surface area contributed by atoms with Gasteiger partial charge in [-0.3, -0.25) is 14.5 Å². The first-order valence-corrected chi connectivity index (χ1v) is 5.60. The normalized spacial score (nSPS) is 15.7. The summed E-state index contributed by atoms with van der Waals surface area (Å²) in [5.74, 6) is 1.13. The predicted octanol–water partition coefficient (Wildman–Crippen LogP) is 0.830. The molecule has 0 N–H and O–H groups in total. The summed E-state index contributed by atoms with van der Waals surface area (Å²) in [6, 6.07) is 5.35. The predicted molar refractivity (Wildman–Crippen MR) is 62.0 cm³/mol. The molecule has 3 heterocycles. The number of amides is 1. The molecule has 6 nitrogen and oxygen atoms in total. The van der Waals surface area contributed by atoms with E-state index >= 15 is 0 Å². The van der Waals surface area contributed by atoms with Crippen LogP contribution in [0.5, 0.6) is 0 Å². The standard InChI is InChI=1S/C12H11N3O3/c16-9-6-12(17)14(7-9)11-3-4-13-15(11)8-10-2-1-5-18-10/h1-5H,6-8H2. The first-order chi connectivity index (χ1) is 8.74. The minimum atomic E-state index is -0.179. The molecule has 2 aromatic rings. The highest BCUT2D eigenvalue weighted by molar-refractivity contribution is 6.14. The van der Waals surface area contributed by atoms with Crippen LogP contribution in [0.25, 0.3) is 0 Å². The van der Waals surface area contributed by atoms with Gasteiger partial charge in [-0.25, -0.2) is 4.68 Å². The van der Waals surface area contributed by atoms with E-state index in [2.05, 4.69) is 5.10 Å². The summed E-state index contributed by atoms with van der Waals surface area (Å²) >= 11 is 0. The first-order valence-electron chi connectivity index (χ1n) is 5.60. The number of aromatic nitrogens is 2. The largest absolute Gasteiger partial charge is 0.467 e. The maximum absolute atomic E-state index is 11.7. The van der Waals surface area contributed by atoms with E-state index in [0.717, 1.165) is 5.76 Å². The van der Waals surface area contributed by atoms with Crippen LogP contribution in [0, 0.1) is 0 Å². The van der Waals surface area contributed by atoms with E-state index in [-0.39, 0.29) is 24.7 Å². The molecule has 6 heteroatoms. The molecule has 1 fully saturated rings. The second kappa shape index (κ2) is 4.14. The maximum Gasteiger partial charge on any atom is 0.236 e. The van der Waals surface area contributed by atoms with Crippen molar-refractivity contribution < 1.29 is 14.0 Å². The molecule has 1 amide bonds. The maximum atomic E-state index is 11.7. The van der Waals surface area contributed by atoms with Gasteiger partial charge in [-0.1, -0.05) is 0 Å². The van der Waals surface area contributed by atoms with Gasteiger partial charge < -0.3 is 4.42 Å². The number of anilines is 1. The zero-order valence-electron chi connectivity index (χ0n) is 9.57. The Balaban J connectivity index is 1.87. The number of carbonyl (C=O) groups excluding carboxylic acids is 2. The average Bonchev–Trinajstić information content (AvgIpc) is 3.02. The molecule has 92 valence electrons. The first kappa shape index (κ1) is 10.8. The van der Waals surface area contributed by atoms with Crippen molar-refractivity contribution in [2.75, 3.05) is 11.4 Å². The van der Waals surface area contributed by atoms with Gasteiger partial charge in [-0.05, 0) is 12.1 Å². The van der Waals surface area contributed by atoms with Crippen molar-refractivity contribution in [2.24, 2.45) is 0 Å². The number of ketones is 1. The molecule has 18 heavy (non-hydrogen) atoms. The van der Waals surface area contributed by atoms with E-state index < -0.39 is 0 Å². The number of hydrogen-bond donors (Lipinski definition) is 0. The molecule has 0 aromatic carbocycles. The molecular weight excluding hydrogens is 234 g/mol. The van der Waals surface area contributed by atoms with Gasteiger partial charge in [0.1, 0.15) is 18.1 Å². The van der Waals surface area contributed by atoms with Gasteiger partial charge in [0, 0.05) is 6.07 Å². The summed E-state index contributed by atoms with van der Waals surface area (Å²) in [7, 11) is 0. The van der Waals surface area contributed by atoms with Crippen molar-refractivity contribution in [3.8, 4) is 0 Å². The van der Waals surface area contributed by atoms with E-state index in [9.17, 15) is 9.59 Å². The fraction of sp³-hybridized carbons (Fsp3) is 0.250. The summed E-state index contributed by atoms with van der Waals surface area (Å²) in [6.45, 7) is 0.565. The lowest BCUT2D eigenvalue weighted by molar-refractivity contribution is -0.121. The molecule has 0 radical (unpaired) electrons. The van der Waals surface area contributed by atoms with Crippen molar-refractivity contribution in [1.82, 2.24) is 9.78 Å². The van der Waals surface area contributed by atoms with Crippen LogP contribution in [-0.4, -0.2) is 28.0 Å². The molecule has 1 aliphatic rings. The fourth-order valence-electron chi connectivity index (χ4n) is 2.02. The highest BCUT2D eigenvalue weighted by atomic mass is 16.3. The fourth-order valence-corrected chi connectivity index (χ4v) is 2.02. The lowest BCUT2D eigenvalue weighted by Crippen LogP contribution is -2.27. The van der Waals surface area contributed by atoms with Crippen molar-refractivity contribution >= 4 is 17.5 Å². The molecule has 1 saturated heterocycles. The topological polar surface area (TPSA) is 68.3 Å². The van der Waals surface area contributed by atoms with E-state index in [1.165, 1.54) is 4.90 Å². The number of furan rings is 1. The van der Waals surface area contributed by atoms with Gasteiger partial charge in [-0.2, -0.15) is 5.10 Å². The number of carbonyl (C=O) groups is 2. The summed E-state index contributed by atoms with van der Waals surface area (Å²) in [5, 5.41) is 4.15. The van der Waals surface area contributed by atoms with Crippen LogP contribution in [0.15, 0.2) is 35.1 Å². The Hall–Kier alpha value is -2.37. The summed E-state index contributed by atoms with van der Waals surface area (Å²) in [4.78, 5) is 24.4. The Morgan fingerprint density at radius 2 is 2.22 bits per heavy atom. The number of rotatable bonds is 3. The Morgan fingerprint density at radius 1 is 1.33 bits per heavy atom. The molecule has 3 rings (SSSR count). The molecule has 0 aliphatic carbocycles. The van der Waals surface area contributed by atoms with Crippen LogP contribution in [0.1, 0.15) is 12.2 Å². The summed E-state index contributed by atoms with van der Waals surface area (Å²) in [6.07, 6.45) is 3.17. The Kier molecular flexibility index (Phi) is 2.47. The molecule has 0 unspecified atom stereocenters. The quantitative estimate of drug-likeness (QED) is 0.751. The molecule has 0 saturated carbocycles. The number of Topliss-reactive ketones (excluding diaryl/α,β-unsaturated/α-hetero) is 1. The van der Waals surface area contributed by atoms with E-state index in [0.29, 0.717) is 12.4 Å². The van der Waals surface area contributed by atoms with Crippen LogP contribution < -0.4 is 4.90 Å². The van der Waals surface area contributed by atoms with Crippen LogP contribution in [0.3, 0.4) is 0 Å². The third-order valence-electron chi connectivity index (χ3n) is 2.84. The number of nitrogens with zero attached hydrogens (tertiary/aromatic N) is 3. The zero-order chi connectivity index (χ0) is 12.5. The second-order valence-electron chi connectivity index (χ2n) is 4.12. The molecule has 1 aliphatic heterocycles. The van der Waals surface area contributed by atoms with E-state index in [1.807, 2.05) is 6.07 Å². The summed E-state index contributed by atoms with van der Waals surface area (Å²) in [5.41, 5.74) is 0. The van der Waals surface area contributed by atoms with E-state index in [1.54, 1.807) is 29.3 Å². The lowest BCUT2D eigenvalue weighted by atomic mass is 10.3. The van der Waals surface area contributed by atoms with Crippen LogP contribution >= 0.6 is 0 Å². The Bertz CT molecular complexity index is 585. The Morgan fingerprint density at radius 3 is 2.89 bits per heavy atom. The van der Waals surface area contributed by atoms with Gasteiger partial charge in [0.15, 0.2) is 5.78 Å². The number of hydrogen-bond acceptors (Lipinski definition) is 4. The SMILES string of the molecule is O=C1CC(=O)N(c2ccnn2Cc2ccco2)C1. The van der Waals surface area contributed by atoms with Crippen molar-refractivity contribution in [1.29, 1.82) is 0 Å². The highest BCUT2D eigenvalue weighted by Gasteiger charge is 2.30. The van der Waals surface area contributed by atoms with Gasteiger partial charge in [0.25, 0.3) is 0 Å². The van der Waals surface area contributed by atoms with Gasteiger partial charge in [0.2, 0.25) is 5.91 Å². The summed E-state index contributed by atoms with van der Waals surface area (Å²) < 4.78 is 6.89. The van der Waals surface area contributed by atoms with Gasteiger partial charge in [0.05, 0.1) is 25.4 Å². The average molecular weight is 245 g/mol. The van der Waals surface area contributed by atoms with Crippen molar-refractivity contribution in [3.63, 3.8) is 0 Å². The van der Waals surface area contributed by atoms with Crippen LogP contribution in [0.2, 0.25) is 0 Å². The second-order valence-corrected chi connectivity index (χ2v) is 4.12. The highest BCUT2D eigenvalue weighted by Crippen LogP contribution is 2.20. The van der Waals surface area contributed by atoms with Crippen LogP contribution in [0.4, 0.5) is 5.82 Å². The van der Waals surface area contributed by atoms with Crippen molar-refractivity contribution in [3.05, 3.63) is 36.4 Å². The van der Waals surface area contributed by atoms with Crippen LogP contribution in [-0.2, 0) is 16.1 Å². The molecule has 0 bridgehead atoms. The lowest BCUT2D eigenvalue weighted by Gasteiger charge is -2.15. The zero-order valence-corrected chi connectivity index (χ0v) is 9.57. The molecule has 0 atom stereocenters.